The molecule has 9 nitrogen and oxygen atoms in total. The Balaban J connectivity index is 2.47. The first-order valence-electron chi connectivity index (χ1n) is 6.07. The Morgan fingerprint density at radius 3 is 2.62 bits per heavy atom. The van der Waals surface area contributed by atoms with Crippen LogP contribution in [0.4, 0.5) is 0 Å². The number of hydrogen-bond acceptors (Lipinski definition) is 6. The van der Waals surface area contributed by atoms with Gasteiger partial charge in [0.1, 0.15) is 5.56 Å². The van der Waals surface area contributed by atoms with E-state index in [4.69, 9.17) is 5.11 Å². The average molecular weight is 337 g/mol. The summed E-state index contributed by atoms with van der Waals surface area (Å²) in [5.74, 6) is -1.99. The molecule has 1 aromatic rings. The molecule has 1 aromatic heterocycles. The minimum Gasteiger partial charge on any atom is -0.478 e. The SMILES string of the molecule is Cc1[nH]nc(S(=O)(=O)N2CCS(=O)(=O)CC2C)c1C(=O)O. The first-order chi connectivity index (χ1) is 9.56. The summed E-state index contributed by atoms with van der Waals surface area (Å²) in [6.07, 6.45) is 0. The van der Waals surface area contributed by atoms with Crippen molar-refractivity contribution in [2.75, 3.05) is 18.1 Å². The largest absolute Gasteiger partial charge is 0.478 e. The van der Waals surface area contributed by atoms with Crippen molar-refractivity contribution in [1.29, 1.82) is 0 Å². The number of aromatic carboxylic acids is 1. The van der Waals surface area contributed by atoms with Crippen molar-refractivity contribution in [3.8, 4) is 0 Å². The minimum atomic E-state index is -4.17. The highest BCUT2D eigenvalue weighted by Crippen LogP contribution is 2.24. The van der Waals surface area contributed by atoms with Gasteiger partial charge in [-0.1, -0.05) is 0 Å². The molecular weight excluding hydrogens is 322 g/mol. The zero-order valence-corrected chi connectivity index (χ0v) is 13.0. The molecule has 1 fully saturated rings. The zero-order chi connectivity index (χ0) is 16.0. The standard InChI is InChI=1S/C10H15N3O6S2/c1-6-5-20(16,17)4-3-13(6)21(18,19)9-8(10(14)15)7(2)11-12-9/h6H,3-5H2,1-2H3,(H,11,12)(H,14,15). The van der Waals surface area contributed by atoms with Gasteiger partial charge in [-0.15, -0.1) is 0 Å². The molecular formula is C10H15N3O6S2. The fraction of sp³-hybridized carbons (Fsp3) is 0.600. The number of hydrogen-bond donors (Lipinski definition) is 2. The van der Waals surface area contributed by atoms with E-state index in [1.807, 2.05) is 0 Å². The van der Waals surface area contributed by atoms with Gasteiger partial charge in [-0.2, -0.15) is 9.40 Å². The van der Waals surface area contributed by atoms with Crippen LogP contribution in [-0.2, 0) is 19.9 Å². The van der Waals surface area contributed by atoms with Crippen LogP contribution < -0.4 is 0 Å². The highest BCUT2D eigenvalue weighted by Gasteiger charge is 2.40. The molecule has 11 heteroatoms. The molecule has 1 aliphatic heterocycles. The van der Waals surface area contributed by atoms with Gasteiger partial charge in [0.2, 0.25) is 5.03 Å². The summed E-state index contributed by atoms with van der Waals surface area (Å²) in [4.78, 5) is 11.2. The van der Waals surface area contributed by atoms with Gasteiger partial charge < -0.3 is 5.11 Å². The number of carboxylic acid groups (broad SMARTS) is 1. The van der Waals surface area contributed by atoms with Crippen LogP contribution in [-0.4, -0.2) is 66.5 Å². The number of rotatable bonds is 3. The van der Waals surface area contributed by atoms with Gasteiger partial charge in [0.15, 0.2) is 9.84 Å². The third kappa shape index (κ3) is 2.80. The van der Waals surface area contributed by atoms with Gasteiger partial charge in [-0.3, -0.25) is 5.10 Å². The van der Waals surface area contributed by atoms with Gasteiger partial charge in [-0.05, 0) is 13.8 Å². The Hall–Kier alpha value is -1.46. The second kappa shape index (κ2) is 5.07. The molecule has 1 unspecified atom stereocenters. The molecule has 0 amide bonds. The van der Waals surface area contributed by atoms with Gasteiger partial charge in [0.25, 0.3) is 10.0 Å². The molecule has 1 atom stereocenters. The number of aryl methyl sites for hydroxylation is 1. The lowest BCUT2D eigenvalue weighted by atomic mass is 10.3. The number of nitrogens with zero attached hydrogens (tertiary/aromatic N) is 2. The summed E-state index contributed by atoms with van der Waals surface area (Å²) in [7, 11) is -7.45. The maximum absolute atomic E-state index is 12.5. The summed E-state index contributed by atoms with van der Waals surface area (Å²) < 4.78 is 49.1. The molecule has 2 heterocycles. The van der Waals surface area contributed by atoms with E-state index in [9.17, 15) is 21.6 Å². The van der Waals surface area contributed by atoms with E-state index >= 15 is 0 Å². The maximum atomic E-state index is 12.5. The Kier molecular flexibility index (Phi) is 3.84. The first-order valence-corrected chi connectivity index (χ1v) is 9.33. The number of nitrogens with one attached hydrogen (secondary N) is 1. The normalized spacial score (nSPS) is 23.0. The lowest BCUT2D eigenvalue weighted by Crippen LogP contribution is -2.49. The van der Waals surface area contributed by atoms with Crippen LogP contribution in [0.15, 0.2) is 5.03 Å². The molecule has 0 aromatic carbocycles. The molecule has 0 saturated carbocycles. The van der Waals surface area contributed by atoms with Crippen molar-refractivity contribution in [2.24, 2.45) is 0 Å². The van der Waals surface area contributed by atoms with Crippen LogP contribution in [0, 0.1) is 6.92 Å². The number of aromatic nitrogens is 2. The Morgan fingerprint density at radius 1 is 1.48 bits per heavy atom. The lowest BCUT2D eigenvalue weighted by molar-refractivity contribution is 0.0691. The average Bonchev–Trinajstić information content (AvgIpc) is 2.69. The lowest BCUT2D eigenvalue weighted by Gasteiger charge is -2.31. The van der Waals surface area contributed by atoms with E-state index in [0.717, 1.165) is 4.31 Å². The topological polar surface area (TPSA) is 137 Å². The number of carboxylic acids is 1. The number of sulfonamides is 1. The van der Waals surface area contributed by atoms with Crippen molar-refractivity contribution in [1.82, 2.24) is 14.5 Å². The first kappa shape index (κ1) is 15.9. The van der Waals surface area contributed by atoms with Crippen LogP contribution in [0.3, 0.4) is 0 Å². The van der Waals surface area contributed by atoms with Gasteiger partial charge in [0, 0.05) is 18.3 Å². The van der Waals surface area contributed by atoms with Crippen molar-refractivity contribution >= 4 is 25.8 Å². The van der Waals surface area contributed by atoms with Crippen molar-refractivity contribution in [2.45, 2.75) is 24.9 Å². The van der Waals surface area contributed by atoms with E-state index in [1.54, 1.807) is 0 Å². The summed E-state index contributed by atoms with van der Waals surface area (Å²) >= 11 is 0. The summed E-state index contributed by atoms with van der Waals surface area (Å²) in [6.45, 7) is 2.66. The minimum absolute atomic E-state index is 0.123. The molecule has 0 aliphatic carbocycles. The molecule has 2 rings (SSSR count). The van der Waals surface area contributed by atoms with Gasteiger partial charge in [-0.25, -0.2) is 21.6 Å². The highest BCUT2D eigenvalue weighted by molar-refractivity contribution is 7.92. The van der Waals surface area contributed by atoms with Crippen LogP contribution in [0.5, 0.6) is 0 Å². The molecule has 2 N–H and O–H groups in total. The predicted octanol–water partition coefficient (Wildman–Crippen LogP) is -0.776. The Bertz CT molecular complexity index is 780. The monoisotopic (exact) mass is 337 g/mol. The molecule has 1 saturated heterocycles. The predicted molar refractivity (Wildman–Crippen MR) is 72.3 cm³/mol. The van der Waals surface area contributed by atoms with Crippen molar-refractivity contribution < 1.29 is 26.7 Å². The zero-order valence-electron chi connectivity index (χ0n) is 11.4. The number of carbonyl (C=O) groups is 1. The van der Waals surface area contributed by atoms with Crippen molar-refractivity contribution in [3.05, 3.63) is 11.3 Å². The van der Waals surface area contributed by atoms with E-state index < -0.39 is 42.5 Å². The fourth-order valence-corrected chi connectivity index (χ4v) is 5.82. The fourth-order valence-electron chi connectivity index (χ4n) is 2.30. The van der Waals surface area contributed by atoms with E-state index in [2.05, 4.69) is 10.2 Å². The number of aromatic amines is 1. The third-order valence-corrected chi connectivity index (χ3v) is 7.03. The van der Waals surface area contributed by atoms with Crippen molar-refractivity contribution in [3.63, 3.8) is 0 Å². The second-order valence-electron chi connectivity index (χ2n) is 4.91. The summed E-state index contributed by atoms with van der Waals surface area (Å²) in [5, 5.41) is 14.4. The molecule has 1 aliphatic rings. The Labute approximate surface area is 121 Å². The van der Waals surface area contributed by atoms with E-state index in [0.29, 0.717) is 0 Å². The Morgan fingerprint density at radius 2 is 2.10 bits per heavy atom. The number of H-pyrrole nitrogens is 1. The summed E-state index contributed by atoms with van der Waals surface area (Å²) in [5.41, 5.74) is -0.297. The second-order valence-corrected chi connectivity index (χ2v) is 8.95. The van der Waals surface area contributed by atoms with E-state index in [1.165, 1.54) is 13.8 Å². The molecule has 0 spiro atoms. The van der Waals surface area contributed by atoms with Crippen LogP contribution in [0.2, 0.25) is 0 Å². The molecule has 21 heavy (non-hydrogen) atoms. The van der Waals surface area contributed by atoms with Crippen LogP contribution >= 0.6 is 0 Å². The number of sulfone groups is 1. The molecule has 0 bridgehead atoms. The van der Waals surface area contributed by atoms with Gasteiger partial charge in [0.05, 0.1) is 11.5 Å². The highest BCUT2D eigenvalue weighted by atomic mass is 32.2. The molecule has 118 valence electrons. The third-order valence-electron chi connectivity index (χ3n) is 3.29. The van der Waals surface area contributed by atoms with Gasteiger partial charge >= 0.3 is 5.97 Å². The quantitative estimate of drug-likeness (QED) is 0.738. The smallest absolute Gasteiger partial charge is 0.340 e. The van der Waals surface area contributed by atoms with E-state index in [-0.39, 0.29) is 23.7 Å². The molecule has 0 radical (unpaired) electrons. The van der Waals surface area contributed by atoms with Crippen LogP contribution in [0.25, 0.3) is 0 Å². The maximum Gasteiger partial charge on any atom is 0.340 e. The summed E-state index contributed by atoms with van der Waals surface area (Å²) in [6, 6.07) is -0.771. The van der Waals surface area contributed by atoms with Crippen LogP contribution in [0.1, 0.15) is 23.0 Å².